The zero-order chi connectivity index (χ0) is 22.5. The first-order valence-corrected chi connectivity index (χ1v) is 10.8. The van der Waals surface area contributed by atoms with Gasteiger partial charge in [0.25, 0.3) is 0 Å². The van der Waals surface area contributed by atoms with Gasteiger partial charge in [-0.05, 0) is 35.1 Å². The second kappa shape index (κ2) is 9.82. The van der Waals surface area contributed by atoms with Gasteiger partial charge in [-0.25, -0.2) is 15.1 Å². The van der Waals surface area contributed by atoms with Crippen molar-refractivity contribution in [2.24, 2.45) is 5.92 Å². The van der Waals surface area contributed by atoms with E-state index in [0.717, 1.165) is 35.1 Å². The molecule has 0 aliphatic heterocycles. The van der Waals surface area contributed by atoms with E-state index < -0.39 is 36.5 Å². The predicted octanol–water partition coefficient (Wildman–Crippen LogP) is 3.22. The maximum atomic E-state index is 12.6. The number of fused-ring (bicyclic) bond motifs is 3. The highest BCUT2D eigenvalue weighted by atomic mass is 16.7. The van der Waals surface area contributed by atoms with Gasteiger partial charge in [0.1, 0.15) is 6.61 Å². The second-order valence-electron chi connectivity index (χ2n) is 8.12. The molecule has 32 heavy (non-hydrogen) atoms. The fourth-order valence-electron chi connectivity index (χ4n) is 4.65. The quantitative estimate of drug-likeness (QED) is 0.572. The number of benzene rings is 2. The van der Waals surface area contributed by atoms with Crippen LogP contribution in [0.5, 0.6) is 0 Å². The zero-order valence-corrected chi connectivity index (χ0v) is 17.6. The smallest absolute Gasteiger partial charge is 0.407 e. The molecule has 4 rings (SSSR count). The lowest BCUT2D eigenvalue weighted by atomic mass is 9.84. The number of hydrogen-bond donors (Lipinski definition) is 3. The van der Waals surface area contributed by atoms with Crippen LogP contribution in [-0.2, 0) is 19.2 Å². The summed E-state index contributed by atoms with van der Waals surface area (Å²) >= 11 is 0. The van der Waals surface area contributed by atoms with Gasteiger partial charge in [-0.15, -0.1) is 0 Å². The predicted molar refractivity (Wildman–Crippen MR) is 116 cm³/mol. The lowest BCUT2D eigenvalue weighted by Gasteiger charge is -2.30. The van der Waals surface area contributed by atoms with Crippen LogP contribution in [0.2, 0.25) is 0 Å². The van der Waals surface area contributed by atoms with Gasteiger partial charge >= 0.3 is 12.1 Å². The number of amides is 2. The van der Waals surface area contributed by atoms with Gasteiger partial charge in [-0.3, -0.25) is 9.63 Å². The minimum atomic E-state index is -1.18. The van der Waals surface area contributed by atoms with Crippen LogP contribution >= 0.6 is 0 Å². The molecule has 0 saturated heterocycles. The number of carbonyl (C=O) groups is 3. The SMILES string of the molecule is O=C(O)CONC(=O)[C@H]1CCCC[C@H]1NC(=O)OCC1c2ccccc2-c2ccccc21. The van der Waals surface area contributed by atoms with E-state index in [1.807, 2.05) is 24.3 Å². The molecule has 0 unspecified atom stereocenters. The molecule has 0 radical (unpaired) electrons. The van der Waals surface area contributed by atoms with E-state index in [9.17, 15) is 14.4 Å². The Morgan fingerprint density at radius 2 is 1.56 bits per heavy atom. The maximum Gasteiger partial charge on any atom is 0.407 e. The Morgan fingerprint density at radius 1 is 0.938 bits per heavy atom. The van der Waals surface area contributed by atoms with Crippen molar-refractivity contribution >= 4 is 18.0 Å². The van der Waals surface area contributed by atoms with E-state index in [1.54, 1.807) is 0 Å². The van der Waals surface area contributed by atoms with E-state index in [0.29, 0.717) is 12.8 Å². The summed E-state index contributed by atoms with van der Waals surface area (Å²) in [6.07, 6.45) is 2.38. The van der Waals surface area contributed by atoms with Gasteiger partial charge in [0, 0.05) is 12.0 Å². The standard InChI is InChI=1S/C24H26N2O6/c27-22(28)14-32-26-23(29)19-11-5-6-12-21(19)25-24(30)31-13-20-17-9-3-1-7-15(17)16-8-2-4-10-18(16)20/h1-4,7-10,19-21H,5-6,11-14H2,(H,25,30)(H,26,29)(H,27,28)/t19-,21+/m0/s1. The molecule has 2 aromatic carbocycles. The molecule has 168 valence electrons. The Bertz CT molecular complexity index is 962. The van der Waals surface area contributed by atoms with Crippen LogP contribution in [0.25, 0.3) is 11.1 Å². The molecule has 0 spiro atoms. The monoisotopic (exact) mass is 438 g/mol. The van der Waals surface area contributed by atoms with Gasteiger partial charge in [-0.2, -0.15) is 0 Å². The summed E-state index contributed by atoms with van der Waals surface area (Å²) in [5.41, 5.74) is 6.75. The van der Waals surface area contributed by atoms with Crippen LogP contribution in [-0.4, -0.2) is 42.3 Å². The molecule has 0 bridgehead atoms. The van der Waals surface area contributed by atoms with E-state index in [-0.39, 0.29) is 12.5 Å². The first-order valence-electron chi connectivity index (χ1n) is 10.8. The average Bonchev–Trinajstić information content (AvgIpc) is 3.11. The van der Waals surface area contributed by atoms with Gasteiger partial charge in [0.15, 0.2) is 6.61 Å². The van der Waals surface area contributed by atoms with Crippen molar-refractivity contribution in [3.05, 3.63) is 59.7 Å². The van der Waals surface area contributed by atoms with Crippen molar-refractivity contribution < 1.29 is 29.1 Å². The molecule has 0 aromatic heterocycles. The summed E-state index contributed by atoms with van der Waals surface area (Å²) in [6, 6.07) is 15.8. The highest BCUT2D eigenvalue weighted by Crippen LogP contribution is 2.44. The molecule has 2 aliphatic rings. The van der Waals surface area contributed by atoms with Crippen LogP contribution in [0.3, 0.4) is 0 Å². The highest BCUT2D eigenvalue weighted by molar-refractivity contribution is 5.80. The number of aliphatic carboxylic acids is 1. The Morgan fingerprint density at radius 3 is 2.22 bits per heavy atom. The molecule has 2 amide bonds. The van der Waals surface area contributed by atoms with Gasteiger partial charge < -0.3 is 15.2 Å². The lowest BCUT2D eigenvalue weighted by Crippen LogP contribution is -2.48. The van der Waals surface area contributed by atoms with Crippen LogP contribution < -0.4 is 10.8 Å². The summed E-state index contributed by atoms with van der Waals surface area (Å²) < 4.78 is 5.59. The van der Waals surface area contributed by atoms with Gasteiger partial charge in [-0.1, -0.05) is 61.4 Å². The van der Waals surface area contributed by atoms with Crippen molar-refractivity contribution in [2.75, 3.05) is 13.2 Å². The summed E-state index contributed by atoms with van der Waals surface area (Å²) in [6.45, 7) is -0.423. The number of alkyl carbamates (subject to hydrolysis) is 1. The largest absolute Gasteiger partial charge is 0.479 e. The summed E-state index contributed by atoms with van der Waals surface area (Å²) in [4.78, 5) is 40.2. The Balaban J connectivity index is 1.36. The lowest BCUT2D eigenvalue weighted by molar-refractivity contribution is -0.151. The fraction of sp³-hybridized carbons (Fsp3) is 0.375. The van der Waals surface area contributed by atoms with E-state index in [2.05, 4.69) is 35.1 Å². The van der Waals surface area contributed by atoms with E-state index >= 15 is 0 Å². The minimum Gasteiger partial charge on any atom is -0.479 e. The number of hydroxylamine groups is 1. The fourth-order valence-corrected chi connectivity index (χ4v) is 4.65. The summed E-state index contributed by atoms with van der Waals surface area (Å²) in [5, 5.41) is 11.5. The molecule has 2 aromatic rings. The summed E-state index contributed by atoms with van der Waals surface area (Å²) in [7, 11) is 0. The number of carboxylic acid groups (broad SMARTS) is 1. The van der Waals surface area contributed by atoms with E-state index in [4.69, 9.17) is 14.7 Å². The molecule has 1 saturated carbocycles. The van der Waals surface area contributed by atoms with Gasteiger partial charge in [0.05, 0.1) is 5.92 Å². The number of hydrogen-bond acceptors (Lipinski definition) is 5. The van der Waals surface area contributed by atoms with Crippen molar-refractivity contribution in [3.8, 4) is 11.1 Å². The van der Waals surface area contributed by atoms with Crippen LogP contribution in [0.1, 0.15) is 42.7 Å². The van der Waals surface area contributed by atoms with E-state index in [1.165, 1.54) is 0 Å². The van der Waals surface area contributed by atoms with Gasteiger partial charge in [0.2, 0.25) is 5.91 Å². The molecule has 1 fully saturated rings. The molecule has 0 heterocycles. The van der Waals surface area contributed by atoms with Crippen LogP contribution in [0.15, 0.2) is 48.5 Å². The number of nitrogens with one attached hydrogen (secondary N) is 2. The number of rotatable bonds is 7. The molecule has 2 atom stereocenters. The normalized spacial score (nSPS) is 19.5. The average molecular weight is 438 g/mol. The molecular formula is C24H26N2O6. The molecular weight excluding hydrogens is 412 g/mol. The first kappa shape index (κ1) is 21.8. The van der Waals surface area contributed by atoms with Crippen molar-refractivity contribution in [1.29, 1.82) is 0 Å². The zero-order valence-electron chi connectivity index (χ0n) is 17.6. The minimum absolute atomic E-state index is 0.0389. The number of ether oxygens (including phenoxy) is 1. The number of carboxylic acids is 1. The van der Waals surface area contributed by atoms with Crippen LogP contribution in [0.4, 0.5) is 4.79 Å². The Kier molecular flexibility index (Phi) is 6.70. The molecule has 2 aliphatic carbocycles. The highest BCUT2D eigenvalue weighted by Gasteiger charge is 2.34. The Hall–Kier alpha value is -3.39. The van der Waals surface area contributed by atoms with Crippen molar-refractivity contribution in [2.45, 2.75) is 37.6 Å². The molecule has 8 heteroatoms. The number of carbonyl (C=O) groups excluding carboxylic acids is 2. The molecule has 8 nitrogen and oxygen atoms in total. The van der Waals surface area contributed by atoms with Crippen molar-refractivity contribution in [3.63, 3.8) is 0 Å². The third kappa shape index (κ3) is 4.75. The third-order valence-electron chi connectivity index (χ3n) is 6.12. The molecule has 3 N–H and O–H groups in total. The first-order chi connectivity index (χ1) is 15.5. The van der Waals surface area contributed by atoms with Crippen LogP contribution in [0, 0.1) is 5.92 Å². The maximum absolute atomic E-state index is 12.6. The summed E-state index contributed by atoms with van der Waals surface area (Å²) in [5.74, 6) is -2.15. The second-order valence-corrected chi connectivity index (χ2v) is 8.12. The third-order valence-corrected chi connectivity index (χ3v) is 6.12. The topological polar surface area (TPSA) is 114 Å². The van der Waals surface area contributed by atoms with Crippen molar-refractivity contribution in [1.82, 2.24) is 10.8 Å². The Labute approximate surface area is 185 Å².